The minimum absolute atomic E-state index is 0. The lowest BCUT2D eigenvalue weighted by molar-refractivity contribution is 0.340. The van der Waals surface area contributed by atoms with E-state index in [1.807, 2.05) is 30.3 Å². The Morgan fingerprint density at radius 1 is 1.00 bits per heavy atom. The Morgan fingerprint density at radius 2 is 1.63 bits per heavy atom. The monoisotopic (exact) mass is 500 g/mol. The van der Waals surface area contributed by atoms with Crippen molar-refractivity contribution in [3.05, 3.63) is 60.2 Å². The summed E-state index contributed by atoms with van der Waals surface area (Å²) in [7, 11) is -3.67. The number of hydrogen-bond acceptors (Lipinski definition) is 3. The van der Waals surface area contributed by atoms with Crippen molar-refractivity contribution in [2.24, 2.45) is 10.1 Å². The van der Waals surface area contributed by atoms with E-state index in [4.69, 9.17) is 10.1 Å². The third kappa shape index (κ3) is 6.47. The van der Waals surface area contributed by atoms with Crippen LogP contribution in [0.1, 0.15) is 24.8 Å². The zero-order valence-electron chi connectivity index (χ0n) is 15.0. The fraction of sp³-hybridized carbons (Fsp3) is 0.316. The van der Waals surface area contributed by atoms with Crippen LogP contribution in [0.5, 0.6) is 0 Å². The second-order valence-corrected chi connectivity index (χ2v) is 7.93. The van der Waals surface area contributed by atoms with Crippen LogP contribution >= 0.6 is 24.0 Å². The highest BCUT2D eigenvalue weighted by Crippen LogP contribution is 2.14. The topological polar surface area (TPSA) is 87.8 Å². The first-order valence-corrected chi connectivity index (χ1v) is 10.3. The quantitative estimate of drug-likeness (QED) is 0.383. The molecule has 1 heterocycles. The number of piperidine rings is 1. The van der Waals surface area contributed by atoms with E-state index in [9.17, 15) is 8.42 Å². The van der Waals surface area contributed by atoms with Crippen molar-refractivity contribution in [3.8, 4) is 0 Å². The molecule has 2 aromatic rings. The number of primary sulfonamides is 1. The predicted molar refractivity (Wildman–Crippen MR) is 120 cm³/mol. The van der Waals surface area contributed by atoms with Crippen LogP contribution in [-0.2, 0) is 16.6 Å². The van der Waals surface area contributed by atoms with E-state index in [1.54, 1.807) is 12.1 Å². The zero-order chi connectivity index (χ0) is 18.4. The zero-order valence-corrected chi connectivity index (χ0v) is 18.2. The summed E-state index contributed by atoms with van der Waals surface area (Å²) in [5.74, 6) is 0.853. The van der Waals surface area contributed by atoms with Gasteiger partial charge in [-0.1, -0.05) is 30.3 Å². The molecule has 1 aliphatic rings. The first kappa shape index (κ1) is 21.6. The molecule has 0 saturated carbocycles. The number of hydrogen-bond donors (Lipinski definition) is 2. The summed E-state index contributed by atoms with van der Waals surface area (Å²) in [6.07, 6.45) is 3.58. The van der Waals surface area contributed by atoms with Gasteiger partial charge >= 0.3 is 0 Å². The largest absolute Gasteiger partial charge is 0.343 e. The van der Waals surface area contributed by atoms with Crippen molar-refractivity contribution in [2.75, 3.05) is 18.4 Å². The standard InChI is InChI=1S/C19H24N4O2S.HI/c20-26(24,25)18-11-9-16(10-12-18)15-21-19(23-13-5-2-6-14-23)22-17-7-3-1-4-8-17;/h1,3-4,7-12H,2,5-6,13-15H2,(H,21,22)(H2,20,24,25);1H. The summed E-state index contributed by atoms with van der Waals surface area (Å²) in [4.78, 5) is 7.14. The molecule has 0 aliphatic carbocycles. The van der Waals surface area contributed by atoms with Crippen molar-refractivity contribution in [1.29, 1.82) is 0 Å². The van der Waals surface area contributed by atoms with Crippen molar-refractivity contribution in [1.82, 2.24) is 4.90 Å². The Hall–Kier alpha value is -1.65. The molecule has 3 rings (SSSR count). The Bertz CT molecular complexity index is 849. The minimum atomic E-state index is -3.67. The van der Waals surface area contributed by atoms with Gasteiger partial charge in [-0.25, -0.2) is 18.5 Å². The van der Waals surface area contributed by atoms with Crippen molar-refractivity contribution in [2.45, 2.75) is 30.7 Å². The SMILES string of the molecule is I.NS(=O)(=O)c1ccc(CN=C(Nc2ccccc2)N2CCCCC2)cc1. The summed E-state index contributed by atoms with van der Waals surface area (Å²) in [5.41, 5.74) is 1.93. The summed E-state index contributed by atoms with van der Waals surface area (Å²) in [6.45, 7) is 2.45. The molecule has 2 aromatic carbocycles. The van der Waals surface area contributed by atoms with E-state index in [0.717, 1.165) is 30.3 Å². The van der Waals surface area contributed by atoms with Gasteiger partial charge in [0, 0.05) is 18.8 Å². The van der Waals surface area contributed by atoms with E-state index in [0.29, 0.717) is 6.54 Å². The highest BCUT2D eigenvalue weighted by Gasteiger charge is 2.15. The maximum atomic E-state index is 11.4. The number of nitrogens with two attached hydrogens (primary N) is 1. The molecular formula is C19H25IN4O2S. The lowest BCUT2D eigenvalue weighted by Crippen LogP contribution is -2.40. The molecule has 1 aliphatic heterocycles. The predicted octanol–water partition coefficient (Wildman–Crippen LogP) is 3.41. The van der Waals surface area contributed by atoms with Crippen LogP contribution in [0.3, 0.4) is 0 Å². The number of rotatable bonds is 4. The van der Waals surface area contributed by atoms with E-state index < -0.39 is 10.0 Å². The van der Waals surface area contributed by atoms with Gasteiger partial charge in [-0.2, -0.15) is 0 Å². The number of anilines is 1. The summed E-state index contributed by atoms with van der Waals surface area (Å²) in [5, 5.41) is 8.56. The van der Waals surface area contributed by atoms with Crippen LogP contribution in [-0.4, -0.2) is 32.4 Å². The van der Waals surface area contributed by atoms with Crippen LogP contribution < -0.4 is 10.5 Å². The molecule has 8 heteroatoms. The second kappa shape index (κ2) is 10.0. The molecule has 1 fully saturated rings. The van der Waals surface area contributed by atoms with E-state index in [2.05, 4.69) is 10.2 Å². The molecule has 27 heavy (non-hydrogen) atoms. The molecule has 6 nitrogen and oxygen atoms in total. The van der Waals surface area contributed by atoms with Crippen molar-refractivity contribution in [3.63, 3.8) is 0 Å². The number of guanidine groups is 1. The van der Waals surface area contributed by atoms with Crippen molar-refractivity contribution >= 4 is 45.6 Å². The average Bonchev–Trinajstić information content (AvgIpc) is 2.66. The molecule has 0 amide bonds. The maximum absolute atomic E-state index is 11.4. The molecule has 3 N–H and O–H groups in total. The molecule has 0 aromatic heterocycles. The molecule has 0 unspecified atom stereocenters. The molecule has 0 bridgehead atoms. The molecule has 0 spiro atoms. The first-order valence-electron chi connectivity index (χ1n) is 8.75. The Labute approximate surface area is 177 Å². The second-order valence-electron chi connectivity index (χ2n) is 6.37. The van der Waals surface area contributed by atoms with Gasteiger partial charge in [-0.15, -0.1) is 24.0 Å². The molecule has 1 saturated heterocycles. The first-order chi connectivity index (χ1) is 12.5. The number of aliphatic imine (C=N–C) groups is 1. The lowest BCUT2D eigenvalue weighted by Gasteiger charge is -2.30. The van der Waals surface area contributed by atoms with Gasteiger partial charge in [0.15, 0.2) is 5.96 Å². The van der Waals surface area contributed by atoms with Gasteiger partial charge in [0.1, 0.15) is 0 Å². The van der Waals surface area contributed by atoms with Crippen LogP contribution in [0.4, 0.5) is 5.69 Å². The molecule has 146 valence electrons. The summed E-state index contributed by atoms with van der Waals surface area (Å²) in [6, 6.07) is 16.5. The number of sulfonamides is 1. The summed E-state index contributed by atoms with van der Waals surface area (Å²) >= 11 is 0. The van der Waals surface area contributed by atoms with Gasteiger partial charge in [0.2, 0.25) is 10.0 Å². The maximum Gasteiger partial charge on any atom is 0.238 e. The van der Waals surface area contributed by atoms with Crippen LogP contribution in [0.15, 0.2) is 64.5 Å². The van der Waals surface area contributed by atoms with Gasteiger partial charge < -0.3 is 10.2 Å². The number of halogens is 1. The normalized spacial score (nSPS) is 15.1. The van der Waals surface area contributed by atoms with E-state index in [1.165, 1.54) is 31.4 Å². The molecule has 0 radical (unpaired) electrons. The third-order valence-corrected chi connectivity index (χ3v) is 5.28. The van der Waals surface area contributed by atoms with Crippen molar-refractivity contribution < 1.29 is 8.42 Å². The van der Waals surface area contributed by atoms with Crippen LogP contribution in [0.25, 0.3) is 0 Å². The third-order valence-electron chi connectivity index (χ3n) is 4.35. The van der Waals surface area contributed by atoms with Gasteiger partial charge in [-0.05, 0) is 49.1 Å². The number of nitrogens with one attached hydrogen (secondary N) is 1. The van der Waals surface area contributed by atoms with Crippen LogP contribution in [0, 0.1) is 0 Å². The van der Waals surface area contributed by atoms with Gasteiger partial charge in [-0.3, -0.25) is 0 Å². The smallest absolute Gasteiger partial charge is 0.238 e. The number of benzene rings is 2. The highest BCUT2D eigenvalue weighted by molar-refractivity contribution is 14.0. The number of para-hydroxylation sites is 1. The summed E-state index contributed by atoms with van der Waals surface area (Å²) < 4.78 is 22.7. The molecule has 0 atom stereocenters. The fourth-order valence-corrected chi connectivity index (χ4v) is 3.44. The van der Waals surface area contributed by atoms with E-state index in [-0.39, 0.29) is 28.9 Å². The van der Waals surface area contributed by atoms with Gasteiger partial charge in [0.05, 0.1) is 11.4 Å². The molecular weight excluding hydrogens is 475 g/mol. The average molecular weight is 500 g/mol. The van der Waals surface area contributed by atoms with Gasteiger partial charge in [0.25, 0.3) is 0 Å². The highest BCUT2D eigenvalue weighted by atomic mass is 127. The number of nitrogens with zero attached hydrogens (tertiary/aromatic N) is 2. The Balaban J connectivity index is 0.00000261. The number of likely N-dealkylation sites (tertiary alicyclic amines) is 1. The minimum Gasteiger partial charge on any atom is -0.343 e. The fourth-order valence-electron chi connectivity index (χ4n) is 2.93. The lowest BCUT2D eigenvalue weighted by atomic mass is 10.1. The Kier molecular flexibility index (Phi) is 8.06. The Morgan fingerprint density at radius 3 is 2.22 bits per heavy atom. The van der Waals surface area contributed by atoms with E-state index >= 15 is 0 Å². The van der Waals surface area contributed by atoms with Crippen LogP contribution in [0.2, 0.25) is 0 Å².